The van der Waals surface area contributed by atoms with E-state index < -0.39 is 0 Å². The lowest BCUT2D eigenvalue weighted by atomic mass is 10.1. The highest BCUT2D eigenvalue weighted by Crippen LogP contribution is 2.20. The molecular formula is C18H25N7O2S. The van der Waals surface area contributed by atoms with Crippen molar-refractivity contribution < 1.29 is 9.57 Å². The van der Waals surface area contributed by atoms with E-state index in [4.69, 9.17) is 21.0 Å². The Hall–Kier alpha value is -2.85. The molecule has 0 aliphatic carbocycles. The summed E-state index contributed by atoms with van der Waals surface area (Å²) >= 11 is 1.37. The summed E-state index contributed by atoms with van der Waals surface area (Å²) in [7, 11) is 0. The van der Waals surface area contributed by atoms with Crippen LogP contribution in [0.5, 0.6) is 5.75 Å². The van der Waals surface area contributed by atoms with Crippen LogP contribution in [0.2, 0.25) is 0 Å². The zero-order valence-corrected chi connectivity index (χ0v) is 16.5. The summed E-state index contributed by atoms with van der Waals surface area (Å²) in [5.74, 6) is 1.57. The van der Waals surface area contributed by atoms with Crippen molar-refractivity contribution >= 4 is 28.1 Å². The van der Waals surface area contributed by atoms with Gasteiger partial charge in [0.15, 0.2) is 17.7 Å². The number of guanidine groups is 1. The molecule has 0 spiro atoms. The maximum atomic E-state index is 5.69. The van der Waals surface area contributed by atoms with Gasteiger partial charge >= 0.3 is 0 Å². The second-order valence-electron chi connectivity index (χ2n) is 6.10. The molecule has 1 aromatic heterocycles. The maximum absolute atomic E-state index is 5.69. The van der Waals surface area contributed by atoms with Gasteiger partial charge < -0.3 is 31.7 Å². The molecule has 2 aromatic rings. The van der Waals surface area contributed by atoms with Crippen molar-refractivity contribution in [1.82, 2.24) is 15.6 Å². The molecule has 1 aromatic carbocycles. The van der Waals surface area contributed by atoms with Gasteiger partial charge in [-0.3, -0.25) is 4.99 Å². The molecule has 2 heterocycles. The van der Waals surface area contributed by atoms with Crippen LogP contribution >= 0.6 is 11.3 Å². The summed E-state index contributed by atoms with van der Waals surface area (Å²) < 4.78 is 5.69. The Morgan fingerprint density at radius 3 is 2.89 bits per heavy atom. The minimum Gasteiger partial charge on any atom is -0.490 e. The molecule has 3 rings (SSSR count). The number of oxime groups is 1. The first-order valence-corrected chi connectivity index (χ1v) is 9.89. The molecule has 0 fully saturated rings. The number of nitrogens with two attached hydrogens (primary N) is 2. The number of anilines is 1. The van der Waals surface area contributed by atoms with Gasteiger partial charge in [-0.25, -0.2) is 4.98 Å². The normalized spacial score (nSPS) is 16.4. The lowest BCUT2D eigenvalue weighted by molar-refractivity contribution is 0.107. The Morgan fingerprint density at radius 1 is 1.36 bits per heavy atom. The summed E-state index contributed by atoms with van der Waals surface area (Å²) in [4.78, 5) is 13.9. The second kappa shape index (κ2) is 9.90. The summed E-state index contributed by atoms with van der Waals surface area (Å²) in [5, 5.41) is 12.9. The lowest BCUT2D eigenvalue weighted by Crippen LogP contribution is -2.37. The van der Waals surface area contributed by atoms with Gasteiger partial charge in [0.05, 0.1) is 12.6 Å². The van der Waals surface area contributed by atoms with Crippen LogP contribution in [0.1, 0.15) is 24.2 Å². The zero-order valence-electron chi connectivity index (χ0n) is 15.7. The number of aromatic nitrogens is 1. The Kier molecular flexibility index (Phi) is 7.04. The molecule has 28 heavy (non-hydrogen) atoms. The third-order valence-corrected chi connectivity index (χ3v) is 4.67. The first kappa shape index (κ1) is 19.9. The van der Waals surface area contributed by atoms with Crippen molar-refractivity contribution in [2.45, 2.75) is 13.0 Å². The lowest BCUT2D eigenvalue weighted by Gasteiger charge is -2.13. The molecular weight excluding hydrogens is 378 g/mol. The van der Waals surface area contributed by atoms with E-state index in [0.29, 0.717) is 43.7 Å². The van der Waals surface area contributed by atoms with Crippen LogP contribution < -0.4 is 26.8 Å². The van der Waals surface area contributed by atoms with Crippen LogP contribution in [-0.2, 0) is 4.84 Å². The van der Waals surface area contributed by atoms with E-state index in [1.54, 1.807) is 0 Å². The van der Waals surface area contributed by atoms with E-state index in [0.717, 1.165) is 23.0 Å². The molecule has 0 amide bonds. The fourth-order valence-corrected chi connectivity index (χ4v) is 3.17. The molecule has 1 atom stereocenters. The molecule has 10 heteroatoms. The Bertz CT molecular complexity index is 820. The van der Waals surface area contributed by atoms with E-state index in [9.17, 15) is 0 Å². The fraction of sp³-hybridized carbons (Fsp3) is 0.389. The van der Waals surface area contributed by atoms with Crippen molar-refractivity contribution in [2.24, 2.45) is 15.9 Å². The predicted octanol–water partition coefficient (Wildman–Crippen LogP) is 1.09. The van der Waals surface area contributed by atoms with Crippen molar-refractivity contribution in [3.63, 3.8) is 0 Å². The molecule has 9 nitrogen and oxygen atoms in total. The number of nitrogen functional groups attached to an aromatic ring is 1. The number of thiazole rings is 1. The first-order valence-electron chi connectivity index (χ1n) is 9.01. The van der Waals surface area contributed by atoms with Gasteiger partial charge in [0.1, 0.15) is 23.8 Å². The Labute approximate surface area is 167 Å². The van der Waals surface area contributed by atoms with Gasteiger partial charge in [0.25, 0.3) is 0 Å². The van der Waals surface area contributed by atoms with Gasteiger partial charge in [-0.05, 0) is 24.6 Å². The minimum absolute atomic E-state index is 0.162. The fourth-order valence-electron chi connectivity index (χ4n) is 2.56. The van der Waals surface area contributed by atoms with E-state index >= 15 is 0 Å². The van der Waals surface area contributed by atoms with Crippen LogP contribution in [0.4, 0.5) is 5.13 Å². The Morgan fingerprint density at radius 2 is 2.18 bits per heavy atom. The quantitative estimate of drug-likeness (QED) is 0.280. The number of nitrogens with one attached hydrogen (secondary N) is 2. The van der Waals surface area contributed by atoms with E-state index in [1.807, 2.05) is 36.6 Å². The van der Waals surface area contributed by atoms with Gasteiger partial charge in [0, 0.05) is 18.5 Å². The number of hydrogen-bond acceptors (Lipinski definition) is 10. The third-order valence-electron chi connectivity index (χ3n) is 4.00. The van der Waals surface area contributed by atoms with Crippen molar-refractivity contribution in [1.29, 1.82) is 0 Å². The summed E-state index contributed by atoms with van der Waals surface area (Å²) in [5.41, 5.74) is 13.7. The third kappa shape index (κ3) is 5.57. The number of aliphatic imine (C=N–C) groups is 1. The molecule has 6 N–H and O–H groups in total. The summed E-state index contributed by atoms with van der Waals surface area (Å²) in [6, 6.07) is 8.10. The molecule has 1 aliphatic rings. The van der Waals surface area contributed by atoms with E-state index in [1.165, 1.54) is 11.3 Å². The van der Waals surface area contributed by atoms with Crippen molar-refractivity contribution in [3.05, 3.63) is 40.9 Å². The summed E-state index contributed by atoms with van der Waals surface area (Å²) in [6.45, 7) is 4.54. The van der Waals surface area contributed by atoms with Crippen LogP contribution in [0.25, 0.3) is 0 Å². The molecule has 0 radical (unpaired) electrons. The first-order chi connectivity index (χ1) is 13.7. The average molecular weight is 404 g/mol. The zero-order chi connectivity index (χ0) is 19.8. The predicted molar refractivity (Wildman–Crippen MR) is 112 cm³/mol. The molecule has 1 aliphatic heterocycles. The molecule has 0 bridgehead atoms. The van der Waals surface area contributed by atoms with E-state index in [2.05, 4.69) is 25.8 Å². The highest BCUT2D eigenvalue weighted by atomic mass is 32.1. The minimum atomic E-state index is 0.162. The van der Waals surface area contributed by atoms with Gasteiger partial charge in [-0.15, -0.1) is 11.3 Å². The number of nitrogens with zero attached hydrogens (tertiary/aromatic N) is 3. The maximum Gasteiger partial charge on any atom is 0.191 e. The highest BCUT2D eigenvalue weighted by Gasteiger charge is 2.18. The highest BCUT2D eigenvalue weighted by molar-refractivity contribution is 7.13. The molecule has 0 saturated heterocycles. The number of ether oxygens (including phenoxy) is 1. The van der Waals surface area contributed by atoms with Crippen LogP contribution in [0.15, 0.2) is 39.8 Å². The van der Waals surface area contributed by atoms with Gasteiger partial charge in [-0.1, -0.05) is 17.3 Å². The van der Waals surface area contributed by atoms with Crippen LogP contribution in [-0.4, -0.2) is 49.5 Å². The smallest absolute Gasteiger partial charge is 0.191 e. The number of hydrogen-bond donors (Lipinski definition) is 4. The standard InChI is InChI=1S/C18H25N7O2S/c1-12(16-11-28-17(20)23-16)25-27-9-8-26-14-4-2-13(3-5-14)15-10-22-18(24-15)21-7-6-19/h2-5,11,15H,6-10,19H2,1H3,(H2,20,23)(H2,21,22,24)/b25-12+. The van der Waals surface area contributed by atoms with Gasteiger partial charge in [-0.2, -0.15) is 0 Å². The van der Waals surface area contributed by atoms with Crippen LogP contribution in [0.3, 0.4) is 0 Å². The second-order valence-corrected chi connectivity index (χ2v) is 6.99. The van der Waals surface area contributed by atoms with E-state index in [-0.39, 0.29) is 6.04 Å². The van der Waals surface area contributed by atoms with Crippen LogP contribution in [0, 0.1) is 0 Å². The monoisotopic (exact) mass is 403 g/mol. The van der Waals surface area contributed by atoms with Crippen molar-refractivity contribution in [3.8, 4) is 5.75 Å². The largest absolute Gasteiger partial charge is 0.490 e. The number of benzene rings is 1. The Balaban J connectivity index is 1.38. The molecule has 0 saturated carbocycles. The average Bonchev–Trinajstić information content (AvgIpc) is 3.35. The summed E-state index contributed by atoms with van der Waals surface area (Å²) in [6.07, 6.45) is 0. The van der Waals surface area contributed by atoms with Gasteiger partial charge in [0.2, 0.25) is 0 Å². The topological polar surface area (TPSA) is 132 Å². The molecule has 150 valence electrons. The molecule has 1 unspecified atom stereocenters. The van der Waals surface area contributed by atoms with Crippen molar-refractivity contribution in [2.75, 3.05) is 38.6 Å². The number of rotatable bonds is 9. The SMILES string of the molecule is C/C(=N\OCCOc1ccc(C2CN=C(NCCN)N2)cc1)c1csc(N)n1.